The van der Waals surface area contributed by atoms with Crippen LogP contribution in [0.5, 0.6) is 5.75 Å². The molecule has 1 aliphatic rings. The Morgan fingerprint density at radius 2 is 1.90 bits per heavy atom. The normalized spacial score (nSPS) is 16.0. The Balaban J connectivity index is 1.48. The largest absolute Gasteiger partial charge is 0.484 e. The Bertz CT molecular complexity index is 899. The van der Waals surface area contributed by atoms with E-state index >= 15 is 0 Å². The van der Waals surface area contributed by atoms with Crippen LogP contribution in [0.1, 0.15) is 18.4 Å². The number of carbonyl (C=O) groups excluding carboxylic acids is 3. The summed E-state index contributed by atoms with van der Waals surface area (Å²) in [7, 11) is 0. The molecule has 0 spiro atoms. The highest BCUT2D eigenvalue weighted by Crippen LogP contribution is 2.22. The molecule has 1 aromatic carbocycles. The molecule has 9 nitrogen and oxygen atoms in total. The Labute approximate surface area is 174 Å². The molecule has 1 fully saturated rings. The lowest BCUT2D eigenvalue weighted by molar-refractivity contribution is -0.122. The number of rotatable bonds is 8. The van der Waals surface area contributed by atoms with Gasteiger partial charge in [-0.2, -0.15) is 0 Å². The second kappa shape index (κ2) is 9.73. The standard InChI is InChI=1S/C21H25N5O4/c22-18(27)10-14-3-6-17(7-4-14)30-13-20(28)25-16-5-8-19(24-11-16)26-9-1-2-15(12-26)21(23)29/h3-8,11,15H,1-2,9-10,12-13H2,(H2,22,27)(H2,23,29)(H,25,28). The van der Waals surface area contributed by atoms with Crippen LogP contribution in [-0.4, -0.2) is 42.4 Å². The van der Waals surface area contributed by atoms with E-state index in [9.17, 15) is 14.4 Å². The Kier molecular flexibility index (Phi) is 6.84. The monoisotopic (exact) mass is 411 g/mol. The van der Waals surface area contributed by atoms with Crippen molar-refractivity contribution in [1.82, 2.24) is 4.98 Å². The number of benzene rings is 1. The van der Waals surface area contributed by atoms with Gasteiger partial charge in [0, 0.05) is 13.1 Å². The maximum absolute atomic E-state index is 12.1. The lowest BCUT2D eigenvalue weighted by atomic mass is 9.97. The number of nitrogens with one attached hydrogen (secondary N) is 1. The van der Waals surface area contributed by atoms with Gasteiger partial charge in [-0.25, -0.2) is 4.98 Å². The van der Waals surface area contributed by atoms with Crippen LogP contribution < -0.4 is 26.4 Å². The molecule has 1 aromatic heterocycles. The minimum atomic E-state index is -0.407. The minimum absolute atomic E-state index is 0.157. The summed E-state index contributed by atoms with van der Waals surface area (Å²) in [5, 5.41) is 2.73. The lowest BCUT2D eigenvalue weighted by Gasteiger charge is -2.32. The maximum atomic E-state index is 12.1. The number of hydrogen-bond acceptors (Lipinski definition) is 6. The van der Waals surface area contributed by atoms with Crippen molar-refractivity contribution in [1.29, 1.82) is 0 Å². The second-order valence-corrected chi connectivity index (χ2v) is 7.22. The molecule has 1 atom stereocenters. The summed E-state index contributed by atoms with van der Waals surface area (Å²) in [5.41, 5.74) is 11.9. The molecule has 1 aliphatic heterocycles. The predicted molar refractivity (Wildman–Crippen MR) is 112 cm³/mol. The van der Waals surface area contributed by atoms with Crippen molar-refractivity contribution in [3.63, 3.8) is 0 Å². The molecular formula is C21H25N5O4. The van der Waals surface area contributed by atoms with Crippen LogP contribution in [0.2, 0.25) is 0 Å². The summed E-state index contributed by atoms with van der Waals surface area (Å²) in [5.74, 6) is 0.0772. The second-order valence-electron chi connectivity index (χ2n) is 7.22. The summed E-state index contributed by atoms with van der Waals surface area (Å²) in [6.45, 7) is 1.21. The highest BCUT2D eigenvalue weighted by molar-refractivity contribution is 5.91. The molecule has 2 heterocycles. The predicted octanol–water partition coefficient (Wildman–Crippen LogP) is 0.829. The van der Waals surface area contributed by atoms with Crippen LogP contribution >= 0.6 is 0 Å². The van der Waals surface area contributed by atoms with Gasteiger partial charge in [0.2, 0.25) is 11.8 Å². The average Bonchev–Trinajstić information content (AvgIpc) is 2.73. The smallest absolute Gasteiger partial charge is 0.262 e. The van der Waals surface area contributed by atoms with Gasteiger partial charge in [-0.1, -0.05) is 12.1 Å². The van der Waals surface area contributed by atoms with Crippen LogP contribution in [0.25, 0.3) is 0 Å². The number of aromatic nitrogens is 1. The van der Waals surface area contributed by atoms with Crippen LogP contribution in [0.3, 0.4) is 0 Å². The quantitative estimate of drug-likeness (QED) is 0.588. The van der Waals surface area contributed by atoms with Gasteiger partial charge in [0.15, 0.2) is 6.61 Å². The molecule has 30 heavy (non-hydrogen) atoms. The van der Waals surface area contributed by atoms with Crippen LogP contribution in [0.4, 0.5) is 11.5 Å². The topological polar surface area (TPSA) is 141 Å². The van der Waals surface area contributed by atoms with Crippen molar-refractivity contribution in [3.8, 4) is 5.75 Å². The van der Waals surface area contributed by atoms with Crippen molar-refractivity contribution in [3.05, 3.63) is 48.2 Å². The first-order valence-electron chi connectivity index (χ1n) is 9.71. The van der Waals surface area contributed by atoms with Crippen molar-refractivity contribution >= 4 is 29.2 Å². The Morgan fingerprint density at radius 1 is 1.13 bits per heavy atom. The fourth-order valence-electron chi connectivity index (χ4n) is 3.32. The molecule has 0 bridgehead atoms. The minimum Gasteiger partial charge on any atom is -0.484 e. The number of hydrogen-bond donors (Lipinski definition) is 3. The van der Waals surface area contributed by atoms with Crippen molar-refractivity contribution < 1.29 is 19.1 Å². The van der Waals surface area contributed by atoms with E-state index in [0.717, 1.165) is 30.8 Å². The third kappa shape index (κ3) is 5.94. The van der Waals surface area contributed by atoms with Crippen LogP contribution in [0, 0.1) is 5.92 Å². The molecule has 5 N–H and O–H groups in total. The number of nitrogens with two attached hydrogens (primary N) is 2. The van der Waals surface area contributed by atoms with Crippen LogP contribution in [0.15, 0.2) is 42.6 Å². The molecule has 0 saturated carbocycles. The van der Waals surface area contributed by atoms with Crippen molar-refractivity contribution in [2.45, 2.75) is 19.3 Å². The third-order valence-corrected chi connectivity index (χ3v) is 4.85. The van der Waals surface area contributed by atoms with Gasteiger partial charge < -0.3 is 26.4 Å². The fraction of sp³-hybridized carbons (Fsp3) is 0.333. The zero-order valence-corrected chi connectivity index (χ0v) is 16.5. The molecule has 158 valence electrons. The van der Waals surface area contributed by atoms with E-state index in [-0.39, 0.29) is 30.8 Å². The Morgan fingerprint density at radius 3 is 2.53 bits per heavy atom. The molecule has 3 rings (SSSR count). The van der Waals surface area contributed by atoms with E-state index in [2.05, 4.69) is 10.3 Å². The zero-order chi connectivity index (χ0) is 21.5. The van der Waals surface area contributed by atoms with E-state index in [1.807, 2.05) is 4.90 Å². The summed E-state index contributed by atoms with van der Waals surface area (Å²) in [6.07, 6.45) is 3.41. The highest BCUT2D eigenvalue weighted by atomic mass is 16.5. The van der Waals surface area contributed by atoms with E-state index in [0.29, 0.717) is 18.0 Å². The zero-order valence-electron chi connectivity index (χ0n) is 16.5. The number of primary amides is 2. The lowest BCUT2D eigenvalue weighted by Crippen LogP contribution is -2.41. The van der Waals surface area contributed by atoms with Crippen LogP contribution in [-0.2, 0) is 20.8 Å². The summed E-state index contributed by atoms with van der Waals surface area (Å²) in [6, 6.07) is 10.4. The average molecular weight is 411 g/mol. The fourth-order valence-corrected chi connectivity index (χ4v) is 3.32. The number of piperidine rings is 1. The molecule has 9 heteroatoms. The maximum Gasteiger partial charge on any atom is 0.262 e. The number of nitrogens with zero attached hydrogens (tertiary/aromatic N) is 2. The molecule has 1 unspecified atom stereocenters. The first kappa shape index (κ1) is 21.1. The van der Waals surface area contributed by atoms with E-state index in [4.69, 9.17) is 16.2 Å². The van der Waals surface area contributed by atoms with Gasteiger partial charge in [-0.15, -0.1) is 0 Å². The SMILES string of the molecule is NC(=O)Cc1ccc(OCC(=O)Nc2ccc(N3CCCC(C(N)=O)C3)nc2)cc1. The van der Waals surface area contributed by atoms with Gasteiger partial charge in [0.25, 0.3) is 5.91 Å². The van der Waals surface area contributed by atoms with Crippen molar-refractivity contribution in [2.75, 3.05) is 29.9 Å². The number of carbonyl (C=O) groups is 3. The first-order valence-corrected chi connectivity index (χ1v) is 9.71. The molecular weight excluding hydrogens is 386 g/mol. The van der Waals surface area contributed by atoms with Crippen molar-refractivity contribution in [2.24, 2.45) is 17.4 Å². The summed E-state index contributed by atoms with van der Waals surface area (Å²) < 4.78 is 5.45. The number of pyridine rings is 1. The van der Waals surface area contributed by atoms with Gasteiger partial charge in [0.1, 0.15) is 11.6 Å². The third-order valence-electron chi connectivity index (χ3n) is 4.85. The van der Waals surface area contributed by atoms with Gasteiger partial charge in [-0.3, -0.25) is 14.4 Å². The summed E-state index contributed by atoms with van der Waals surface area (Å²) >= 11 is 0. The molecule has 0 radical (unpaired) electrons. The van der Waals surface area contributed by atoms with E-state index in [1.165, 1.54) is 0 Å². The number of anilines is 2. The molecule has 0 aliphatic carbocycles. The first-order chi connectivity index (χ1) is 14.4. The van der Waals surface area contributed by atoms with Gasteiger partial charge in [-0.05, 0) is 42.7 Å². The van der Waals surface area contributed by atoms with E-state index < -0.39 is 5.91 Å². The summed E-state index contributed by atoms with van der Waals surface area (Å²) in [4.78, 5) is 40.9. The Hall–Kier alpha value is -3.62. The number of ether oxygens (including phenoxy) is 1. The molecule has 1 saturated heterocycles. The highest BCUT2D eigenvalue weighted by Gasteiger charge is 2.24. The number of amides is 3. The molecule has 2 aromatic rings. The molecule has 3 amide bonds. The van der Waals surface area contributed by atoms with E-state index in [1.54, 1.807) is 42.6 Å². The van der Waals surface area contributed by atoms with Gasteiger partial charge in [0.05, 0.1) is 24.2 Å². The van der Waals surface area contributed by atoms with Gasteiger partial charge >= 0.3 is 0 Å².